The molecule has 3 nitrogen and oxygen atoms in total. The number of benzene rings is 1. The fourth-order valence-corrected chi connectivity index (χ4v) is 1.64. The Labute approximate surface area is 110 Å². The number of nitrogens with one attached hydrogen (secondary N) is 1. The second kappa shape index (κ2) is 5.65. The minimum Gasteiger partial charge on any atom is -0.481 e. The normalized spacial score (nSPS) is 10.3. The SMILES string of the molecule is COc1cccc(CNc2cc(F)c(C)cc2F)n1. The first kappa shape index (κ1) is 13.3. The van der Waals surface area contributed by atoms with Gasteiger partial charge in [-0.3, -0.25) is 0 Å². The molecule has 0 unspecified atom stereocenters. The summed E-state index contributed by atoms with van der Waals surface area (Å²) in [4.78, 5) is 4.18. The van der Waals surface area contributed by atoms with Crippen LogP contribution in [-0.4, -0.2) is 12.1 Å². The van der Waals surface area contributed by atoms with Crippen LogP contribution in [0.3, 0.4) is 0 Å². The molecule has 19 heavy (non-hydrogen) atoms. The van der Waals surface area contributed by atoms with Crippen molar-refractivity contribution >= 4 is 5.69 Å². The molecular weight excluding hydrogens is 250 g/mol. The molecule has 0 saturated carbocycles. The minimum atomic E-state index is -0.484. The van der Waals surface area contributed by atoms with E-state index < -0.39 is 11.6 Å². The Kier molecular flexibility index (Phi) is 3.94. The summed E-state index contributed by atoms with van der Waals surface area (Å²) in [6, 6.07) is 7.59. The van der Waals surface area contributed by atoms with Gasteiger partial charge < -0.3 is 10.1 Å². The molecule has 0 atom stereocenters. The van der Waals surface area contributed by atoms with Crippen LogP contribution in [0.25, 0.3) is 0 Å². The van der Waals surface area contributed by atoms with Crippen molar-refractivity contribution in [3.05, 3.63) is 53.2 Å². The van der Waals surface area contributed by atoms with Gasteiger partial charge >= 0.3 is 0 Å². The number of hydrogen-bond acceptors (Lipinski definition) is 3. The van der Waals surface area contributed by atoms with Gasteiger partial charge in [0.2, 0.25) is 5.88 Å². The lowest BCUT2D eigenvalue weighted by molar-refractivity contribution is 0.396. The molecule has 1 heterocycles. The average Bonchev–Trinajstić information content (AvgIpc) is 2.41. The molecule has 100 valence electrons. The largest absolute Gasteiger partial charge is 0.481 e. The van der Waals surface area contributed by atoms with Crippen molar-refractivity contribution in [2.45, 2.75) is 13.5 Å². The number of ether oxygens (including phenoxy) is 1. The van der Waals surface area contributed by atoms with Crippen LogP contribution in [-0.2, 0) is 6.54 Å². The molecule has 0 saturated heterocycles. The van der Waals surface area contributed by atoms with Crippen LogP contribution in [0.2, 0.25) is 0 Å². The summed E-state index contributed by atoms with van der Waals surface area (Å²) in [5, 5.41) is 2.82. The maximum Gasteiger partial charge on any atom is 0.213 e. The van der Waals surface area contributed by atoms with Crippen molar-refractivity contribution in [3.8, 4) is 5.88 Å². The first-order valence-electron chi connectivity index (χ1n) is 5.79. The maximum atomic E-state index is 13.6. The van der Waals surface area contributed by atoms with E-state index in [0.29, 0.717) is 11.6 Å². The van der Waals surface area contributed by atoms with E-state index in [2.05, 4.69) is 10.3 Å². The molecule has 5 heteroatoms. The van der Waals surface area contributed by atoms with E-state index in [-0.39, 0.29) is 17.8 Å². The summed E-state index contributed by atoms with van der Waals surface area (Å²) < 4.78 is 32.0. The topological polar surface area (TPSA) is 34.1 Å². The molecule has 0 aliphatic rings. The average molecular weight is 264 g/mol. The highest BCUT2D eigenvalue weighted by atomic mass is 19.1. The Bertz CT molecular complexity index is 588. The molecule has 1 aromatic carbocycles. The lowest BCUT2D eigenvalue weighted by atomic mass is 10.2. The Hall–Kier alpha value is -2.17. The standard InChI is InChI=1S/C14H14F2N2O/c1-9-6-12(16)13(7-11(9)15)17-8-10-4-3-5-14(18-10)19-2/h3-7,17H,8H2,1-2H3. The number of pyridine rings is 1. The zero-order valence-corrected chi connectivity index (χ0v) is 10.7. The third-order valence-electron chi connectivity index (χ3n) is 2.70. The van der Waals surface area contributed by atoms with Crippen LogP contribution in [0.5, 0.6) is 5.88 Å². The van der Waals surface area contributed by atoms with Gasteiger partial charge in [0.15, 0.2) is 0 Å². The molecule has 0 radical (unpaired) electrons. The second-order valence-electron chi connectivity index (χ2n) is 4.11. The van der Waals surface area contributed by atoms with E-state index in [0.717, 1.165) is 12.1 Å². The van der Waals surface area contributed by atoms with Crippen LogP contribution in [0, 0.1) is 18.6 Å². The van der Waals surface area contributed by atoms with E-state index in [1.165, 1.54) is 14.0 Å². The van der Waals surface area contributed by atoms with Gasteiger partial charge in [-0.1, -0.05) is 6.07 Å². The number of rotatable bonds is 4. The molecule has 0 spiro atoms. The molecule has 0 aliphatic heterocycles. The lowest BCUT2D eigenvalue weighted by Crippen LogP contribution is -2.04. The van der Waals surface area contributed by atoms with Crippen molar-refractivity contribution in [2.24, 2.45) is 0 Å². The molecular formula is C14H14F2N2O. The molecule has 0 fully saturated rings. The zero-order chi connectivity index (χ0) is 13.8. The summed E-state index contributed by atoms with van der Waals surface area (Å²) in [6.07, 6.45) is 0. The summed E-state index contributed by atoms with van der Waals surface area (Å²) in [7, 11) is 1.52. The molecule has 1 aromatic heterocycles. The monoisotopic (exact) mass is 264 g/mol. The van der Waals surface area contributed by atoms with Crippen molar-refractivity contribution in [2.75, 3.05) is 12.4 Å². The first-order chi connectivity index (χ1) is 9.10. The van der Waals surface area contributed by atoms with E-state index >= 15 is 0 Å². The first-order valence-corrected chi connectivity index (χ1v) is 5.79. The second-order valence-corrected chi connectivity index (χ2v) is 4.11. The van der Waals surface area contributed by atoms with Gasteiger partial charge in [0.05, 0.1) is 25.0 Å². The maximum absolute atomic E-state index is 13.6. The number of aromatic nitrogens is 1. The van der Waals surface area contributed by atoms with Gasteiger partial charge in [0.1, 0.15) is 11.6 Å². The van der Waals surface area contributed by atoms with Crippen LogP contribution in [0.1, 0.15) is 11.3 Å². The third kappa shape index (κ3) is 3.19. The lowest BCUT2D eigenvalue weighted by Gasteiger charge is -2.09. The molecule has 0 bridgehead atoms. The molecule has 1 N–H and O–H groups in total. The number of halogens is 2. The smallest absolute Gasteiger partial charge is 0.213 e. The van der Waals surface area contributed by atoms with Crippen LogP contribution >= 0.6 is 0 Å². The summed E-state index contributed by atoms with van der Waals surface area (Å²) in [5.74, 6) is -0.445. The minimum absolute atomic E-state index is 0.118. The molecule has 0 aliphatic carbocycles. The molecule has 2 rings (SSSR count). The summed E-state index contributed by atoms with van der Waals surface area (Å²) in [6.45, 7) is 1.81. The predicted molar refractivity (Wildman–Crippen MR) is 69.2 cm³/mol. The number of hydrogen-bond donors (Lipinski definition) is 1. The van der Waals surface area contributed by atoms with E-state index in [9.17, 15) is 8.78 Å². The Morgan fingerprint density at radius 2 is 2.00 bits per heavy atom. The van der Waals surface area contributed by atoms with Crippen LogP contribution < -0.4 is 10.1 Å². The van der Waals surface area contributed by atoms with E-state index in [4.69, 9.17) is 4.74 Å². The summed E-state index contributed by atoms with van der Waals surface area (Å²) >= 11 is 0. The van der Waals surface area contributed by atoms with E-state index in [1.54, 1.807) is 18.2 Å². The molecule has 0 amide bonds. The van der Waals surface area contributed by atoms with Gasteiger partial charge in [0, 0.05) is 12.1 Å². The highest BCUT2D eigenvalue weighted by Crippen LogP contribution is 2.19. The van der Waals surface area contributed by atoms with Crippen molar-refractivity contribution in [1.29, 1.82) is 0 Å². The quantitative estimate of drug-likeness (QED) is 0.920. The van der Waals surface area contributed by atoms with Crippen molar-refractivity contribution in [3.63, 3.8) is 0 Å². The van der Waals surface area contributed by atoms with Crippen LogP contribution in [0.15, 0.2) is 30.3 Å². The van der Waals surface area contributed by atoms with Gasteiger partial charge in [-0.05, 0) is 24.6 Å². The number of anilines is 1. The zero-order valence-electron chi connectivity index (χ0n) is 10.7. The van der Waals surface area contributed by atoms with Crippen LogP contribution in [0.4, 0.5) is 14.5 Å². The van der Waals surface area contributed by atoms with Crippen molar-refractivity contribution < 1.29 is 13.5 Å². The Morgan fingerprint density at radius 1 is 1.21 bits per heavy atom. The van der Waals surface area contributed by atoms with Gasteiger partial charge in [0.25, 0.3) is 0 Å². The third-order valence-corrected chi connectivity index (χ3v) is 2.70. The fourth-order valence-electron chi connectivity index (χ4n) is 1.64. The van der Waals surface area contributed by atoms with Crippen molar-refractivity contribution in [1.82, 2.24) is 4.98 Å². The summed E-state index contributed by atoms with van der Waals surface area (Å²) in [5.41, 5.74) is 1.08. The Morgan fingerprint density at radius 3 is 2.74 bits per heavy atom. The predicted octanol–water partition coefficient (Wildman–Crippen LogP) is 3.29. The van der Waals surface area contributed by atoms with Gasteiger partial charge in [-0.15, -0.1) is 0 Å². The number of methoxy groups -OCH3 is 1. The number of nitrogens with zero attached hydrogens (tertiary/aromatic N) is 1. The fraction of sp³-hybridized carbons (Fsp3) is 0.214. The number of aryl methyl sites for hydroxylation is 1. The van der Waals surface area contributed by atoms with Gasteiger partial charge in [-0.2, -0.15) is 0 Å². The van der Waals surface area contributed by atoms with Gasteiger partial charge in [-0.25, -0.2) is 13.8 Å². The molecule has 2 aromatic rings. The van der Waals surface area contributed by atoms with E-state index in [1.807, 2.05) is 0 Å². The highest BCUT2D eigenvalue weighted by Gasteiger charge is 2.07. The Balaban J connectivity index is 2.12. The highest BCUT2D eigenvalue weighted by molar-refractivity contribution is 5.47.